The summed E-state index contributed by atoms with van der Waals surface area (Å²) in [6, 6.07) is 5.24. The number of rotatable bonds is 7. The third-order valence-electron chi connectivity index (χ3n) is 6.91. The Morgan fingerprint density at radius 1 is 1.18 bits per heavy atom. The van der Waals surface area contributed by atoms with Crippen LogP contribution in [0.15, 0.2) is 46.0 Å². The number of alkyl halides is 3. The van der Waals surface area contributed by atoms with Gasteiger partial charge in [-0.25, -0.2) is 9.18 Å². The first kappa shape index (κ1) is 28.4. The van der Waals surface area contributed by atoms with E-state index < -0.39 is 61.3 Å². The number of benzene rings is 2. The summed E-state index contributed by atoms with van der Waals surface area (Å²) in [6.07, 6.45) is -0.807. The molecule has 1 heterocycles. The molecule has 0 saturated heterocycles. The van der Waals surface area contributed by atoms with Crippen LogP contribution in [0.25, 0.3) is 11.5 Å². The van der Waals surface area contributed by atoms with Crippen molar-refractivity contribution in [1.29, 1.82) is 0 Å². The van der Waals surface area contributed by atoms with Gasteiger partial charge in [-0.3, -0.25) is 4.72 Å². The van der Waals surface area contributed by atoms with Gasteiger partial charge >= 0.3 is 12.1 Å². The second-order valence-corrected chi connectivity index (χ2v) is 11.8. The number of hydrogen-bond donors (Lipinski definition) is 2. The standard InChI is InChI=1S/C26H26F4N2O6S/c1-25(2)8-6-14(7-9-25)15-4-5-16(18(10-15)26(28,29)30)23-31-22(13-38-23)39(35,36)32-20-12-19(27)17(24(33)34)11-21(20)37-3/h4-5,10-14,32H,6-9H2,1-3H3,(H,33,34). The van der Waals surface area contributed by atoms with Crippen molar-refractivity contribution in [2.45, 2.75) is 56.7 Å². The number of methoxy groups -OCH3 is 1. The fraction of sp³-hybridized carbons (Fsp3) is 0.385. The number of aromatic nitrogens is 1. The highest BCUT2D eigenvalue weighted by molar-refractivity contribution is 7.92. The molecule has 1 aliphatic carbocycles. The first-order chi connectivity index (χ1) is 18.1. The van der Waals surface area contributed by atoms with Crippen molar-refractivity contribution in [3.05, 3.63) is 59.1 Å². The molecule has 0 spiro atoms. The Morgan fingerprint density at radius 3 is 2.44 bits per heavy atom. The first-order valence-corrected chi connectivity index (χ1v) is 13.4. The van der Waals surface area contributed by atoms with Crippen LogP contribution in [0.2, 0.25) is 0 Å². The number of halogens is 4. The van der Waals surface area contributed by atoms with E-state index >= 15 is 0 Å². The zero-order valence-electron chi connectivity index (χ0n) is 21.2. The van der Waals surface area contributed by atoms with Crippen molar-refractivity contribution in [2.75, 3.05) is 11.8 Å². The normalized spacial score (nSPS) is 16.2. The van der Waals surface area contributed by atoms with Crippen molar-refractivity contribution in [3.8, 4) is 17.2 Å². The van der Waals surface area contributed by atoms with E-state index in [2.05, 4.69) is 18.8 Å². The van der Waals surface area contributed by atoms with Crippen LogP contribution in [-0.4, -0.2) is 31.6 Å². The average Bonchev–Trinajstić information content (AvgIpc) is 3.34. The Kier molecular flexibility index (Phi) is 7.41. The maximum atomic E-state index is 14.2. The summed E-state index contributed by atoms with van der Waals surface area (Å²) in [6.45, 7) is 4.27. The highest BCUT2D eigenvalue weighted by Crippen LogP contribution is 2.45. The molecule has 0 amide bonds. The van der Waals surface area contributed by atoms with E-state index in [1.165, 1.54) is 6.07 Å². The summed E-state index contributed by atoms with van der Waals surface area (Å²) in [5.74, 6) is -3.74. The number of aromatic carboxylic acids is 1. The van der Waals surface area contributed by atoms with Gasteiger partial charge in [0.05, 0.1) is 23.9 Å². The molecule has 1 saturated carbocycles. The molecule has 210 valence electrons. The van der Waals surface area contributed by atoms with Crippen LogP contribution in [-0.2, 0) is 16.2 Å². The van der Waals surface area contributed by atoms with Gasteiger partial charge < -0.3 is 14.3 Å². The molecular weight excluding hydrogens is 544 g/mol. The number of anilines is 1. The summed E-state index contributed by atoms with van der Waals surface area (Å²) < 4.78 is 94.2. The Morgan fingerprint density at radius 2 is 1.85 bits per heavy atom. The molecule has 2 N–H and O–H groups in total. The number of hydrogen-bond acceptors (Lipinski definition) is 6. The van der Waals surface area contributed by atoms with Gasteiger partial charge in [0.15, 0.2) is 0 Å². The predicted octanol–water partition coefficient (Wildman–Crippen LogP) is 6.69. The van der Waals surface area contributed by atoms with Gasteiger partial charge in [-0.05, 0) is 60.8 Å². The first-order valence-electron chi connectivity index (χ1n) is 11.9. The van der Waals surface area contributed by atoms with E-state index in [-0.39, 0.29) is 17.1 Å². The number of oxazole rings is 1. The Bertz CT molecular complexity index is 1510. The second-order valence-electron chi connectivity index (χ2n) is 10.2. The Balaban J connectivity index is 1.66. The fourth-order valence-corrected chi connectivity index (χ4v) is 5.57. The largest absolute Gasteiger partial charge is 0.495 e. The van der Waals surface area contributed by atoms with Crippen molar-refractivity contribution >= 4 is 21.7 Å². The lowest BCUT2D eigenvalue weighted by Gasteiger charge is -2.34. The topological polar surface area (TPSA) is 119 Å². The van der Waals surface area contributed by atoms with Crippen molar-refractivity contribution in [3.63, 3.8) is 0 Å². The molecule has 39 heavy (non-hydrogen) atoms. The number of nitrogens with one attached hydrogen (secondary N) is 1. The number of ether oxygens (including phenoxy) is 1. The van der Waals surface area contributed by atoms with Gasteiger partial charge in [0, 0.05) is 11.6 Å². The molecule has 1 fully saturated rings. The maximum Gasteiger partial charge on any atom is 0.417 e. The summed E-state index contributed by atoms with van der Waals surface area (Å²) in [7, 11) is -3.49. The van der Waals surface area contributed by atoms with Crippen LogP contribution in [0.3, 0.4) is 0 Å². The quantitative estimate of drug-likeness (QED) is 0.304. The molecule has 4 rings (SSSR count). The zero-order valence-corrected chi connectivity index (χ0v) is 22.0. The van der Waals surface area contributed by atoms with Gasteiger partial charge in [0.25, 0.3) is 10.0 Å². The van der Waals surface area contributed by atoms with Crippen molar-refractivity contribution in [1.82, 2.24) is 4.98 Å². The molecule has 0 atom stereocenters. The highest BCUT2D eigenvalue weighted by atomic mass is 32.2. The molecular formula is C26H26F4N2O6S. The van der Waals surface area contributed by atoms with Crippen LogP contribution < -0.4 is 9.46 Å². The van der Waals surface area contributed by atoms with E-state index in [1.807, 2.05) is 4.72 Å². The lowest BCUT2D eigenvalue weighted by molar-refractivity contribution is -0.137. The lowest BCUT2D eigenvalue weighted by atomic mass is 9.71. The predicted molar refractivity (Wildman–Crippen MR) is 133 cm³/mol. The minimum absolute atomic E-state index is 0.0271. The molecule has 1 aliphatic rings. The van der Waals surface area contributed by atoms with Crippen LogP contribution in [0, 0.1) is 11.2 Å². The monoisotopic (exact) mass is 570 g/mol. The summed E-state index contributed by atoms with van der Waals surface area (Å²) in [5, 5.41) is 8.28. The number of carbonyl (C=O) groups is 1. The van der Waals surface area contributed by atoms with Crippen LogP contribution in [0.4, 0.5) is 23.2 Å². The molecule has 1 aromatic heterocycles. The molecule has 13 heteroatoms. The maximum absolute atomic E-state index is 14.2. The van der Waals surface area contributed by atoms with Gasteiger partial charge in [0.2, 0.25) is 10.9 Å². The molecule has 2 aromatic carbocycles. The average molecular weight is 571 g/mol. The van der Waals surface area contributed by atoms with Crippen LogP contribution >= 0.6 is 0 Å². The summed E-state index contributed by atoms with van der Waals surface area (Å²) >= 11 is 0. The van der Waals surface area contributed by atoms with Gasteiger partial charge in [-0.1, -0.05) is 19.9 Å². The lowest BCUT2D eigenvalue weighted by Crippen LogP contribution is -2.20. The van der Waals surface area contributed by atoms with E-state index in [0.29, 0.717) is 17.9 Å². The third kappa shape index (κ3) is 6.02. The van der Waals surface area contributed by atoms with E-state index in [0.717, 1.165) is 44.9 Å². The van der Waals surface area contributed by atoms with E-state index in [1.54, 1.807) is 6.07 Å². The molecule has 0 bridgehead atoms. The van der Waals surface area contributed by atoms with Crippen molar-refractivity contribution < 1.29 is 45.0 Å². The van der Waals surface area contributed by atoms with E-state index in [4.69, 9.17) is 14.3 Å². The smallest absolute Gasteiger partial charge is 0.417 e. The number of sulfonamides is 1. The fourth-order valence-electron chi connectivity index (χ4n) is 4.64. The van der Waals surface area contributed by atoms with E-state index in [9.17, 15) is 30.8 Å². The Labute approximate surface area is 222 Å². The number of carboxylic acid groups (broad SMARTS) is 1. The third-order valence-corrected chi connectivity index (χ3v) is 8.14. The SMILES string of the molecule is COc1cc(C(=O)O)c(F)cc1NS(=O)(=O)c1coc(-c2ccc(C3CCC(C)(C)CC3)cc2C(F)(F)F)n1. The minimum Gasteiger partial charge on any atom is -0.495 e. The second kappa shape index (κ2) is 10.2. The van der Waals surface area contributed by atoms with Gasteiger partial charge in [-0.2, -0.15) is 26.6 Å². The van der Waals surface area contributed by atoms with Gasteiger partial charge in [0.1, 0.15) is 17.8 Å². The van der Waals surface area contributed by atoms with Crippen LogP contribution in [0.1, 0.15) is 66.9 Å². The summed E-state index contributed by atoms with van der Waals surface area (Å²) in [4.78, 5) is 14.9. The molecule has 8 nitrogen and oxygen atoms in total. The summed E-state index contributed by atoms with van der Waals surface area (Å²) in [5.41, 5.74) is -1.94. The van der Waals surface area contributed by atoms with Crippen LogP contribution in [0.5, 0.6) is 5.75 Å². The highest BCUT2D eigenvalue weighted by Gasteiger charge is 2.37. The minimum atomic E-state index is -4.76. The Hall–Kier alpha value is -3.61. The molecule has 3 aromatic rings. The number of carboxylic acids is 1. The molecule has 0 aliphatic heterocycles. The van der Waals surface area contributed by atoms with Crippen molar-refractivity contribution in [2.24, 2.45) is 5.41 Å². The van der Waals surface area contributed by atoms with Gasteiger partial charge in [-0.15, -0.1) is 0 Å². The number of nitrogens with zero attached hydrogens (tertiary/aromatic N) is 1. The molecule has 0 unspecified atom stereocenters. The zero-order chi connectivity index (χ0) is 28.8. The molecule has 0 radical (unpaired) electrons.